The van der Waals surface area contributed by atoms with Crippen LogP contribution in [0.3, 0.4) is 0 Å². The molecule has 0 aromatic carbocycles. The van der Waals surface area contributed by atoms with Gasteiger partial charge >= 0.3 is 0 Å². The second kappa shape index (κ2) is 8.78. The summed E-state index contributed by atoms with van der Waals surface area (Å²) in [6.45, 7) is 8.31. The van der Waals surface area contributed by atoms with E-state index in [4.69, 9.17) is 4.74 Å². The highest BCUT2D eigenvalue weighted by Gasteiger charge is 2.36. The smallest absolute Gasteiger partial charge is 0.255 e. The van der Waals surface area contributed by atoms with E-state index >= 15 is 0 Å². The van der Waals surface area contributed by atoms with E-state index in [1.165, 1.54) is 19.3 Å². The minimum absolute atomic E-state index is 0.181. The van der Waals surface area contributed by atoms with Crippen molar-refractivity contribution in [3.05, 3.63) is 33.7 Å². The molecule has 6 nitrogen and oxygen atoms in total. The number of hydrogen-bond acceptors (Lipinski definition) is 4. The standard InChI is InChI=1S/C22H33N3O3/c1-2-28-11-8-21(26)24-13-17-12-19(16-24)20-7-6-18(22(27)25(20)14-17)15-23-9-4-3-5-10-23/h6-7,17,19H,2-5,8-16H2,1H3/t17-,19+/m0/s1. The number of hydrogen-bond donors (Lipinski definition) is 0. The van der Waals surface area contributed by atoms with E-state index in [2.05, 4.69) is 11.0 Å². The molecule has 1 aromatic rings. The zero-order valence-electron chi connectivity index (χ0n) is 17.1. The average molecular weight is 388 g/mol. The Morgan fingerprint density at radius 3 is 2.75 bits per heavy atom. The first-order chi connectivity index (χ1) is 13.7. The summed E-state index contributed by atoms with van der Waals surface area (Å²) >= 11 is 0. The molecule has 1 amide bonds. The predicted molar refractivity (Wildman–Crippen MR) is 108 cm³/mol. The van der Waals surface area contributed by atoms with Crippen LogP contribution in [-0.2, 0) is 22.6 Å². The fraction of sp³-hybridized carbons (Fsp3) is 0.727. The van der Waals surface area contributed by atoms with Crippen LogP contribution in [0.25, 0.3) is 0 Å². The monoisotopic (exact) mass is 387 g/mol. The Labute approximate surface area is 167 Å². The van der Waals surface area contributed by atoms with Gasteiger partial charge in [-0.05, 0) is 51.3 Å². The van der Waals surface area contributed by atoms with Gasteiger partial charge in [-0.15, -0.1) is 0 Å². The molecule has 1 aromatic heterocycles. The van der Waals surface area contributed by atoms with Crippen LogP contribution in [0.1, 0.15) is 56.2 Å². The highest BCUT2D eigenvalue weighted by Crippen LogP contribution is 2.35. The largest absolute Gasteiger partial charge is 0.381 e. The third kappa shape index (κ3) is 4.18. The summed E-state index contributed by atoms with van der Waals surface area (Å²) < 4.78 is 7.35. The maximum absolute atomic E-state index is 13.1. The van der Waals surface area contributed by atoms with Gasteiger partial charge in [0.15, 0.2) is 0 Å². The van der Waals surface area contributed by atoms with Crippen LogP contribution < -0.4 is 5.56 Å². The first-order valence-corrected chi connectivity index (χ1v) is 11.0. The molecule has 4 heterocycles. The molecule has 0 unspecified atom stereocenters. The van der Waals surface area contributed by atoms with Gasteiger partial charge in [-0.3, -0.25) is 14.5 Å². The first kappa shape index (κ1) is 19.6. The fourth-order valence-electron chi connectivity index (χ4n) is 5.14. The van der Waals surface area contributed by atoms with Crippen LogP contribution in [0.5, 0.6) is 0 Å². The Hall–Kier alpha value is -1.66. The summed E-state index contributed by atoms with van der Waals surface area (Å²) in [6.07, 6.45) is 5.32. The fourth-order valence-corrected chi connectivity index (χ4v) is 5.14. The topological polar surface area (TPSA) is 54.8 Å². The molecular formula is C22H33N3O3. The minimum atomic E-state index is 0.181. The zero-order chi connectivity index (χ0) is 19.5. The van der Waals surface area contributed by atoms with Gasteiger partial charge in [0.05, 0.1) is 13.0 Å². The Morgan fingerprint density at radius 2 is 1.96 bits per heavy atom. The number of rotatable bonds is 6. The Balaban J connectivity index is 1.47. The van der Waals surface area contributed by atoms with Crippen LogP contribution in [0.2, 0.25) is 0 Å². The number of ether oxygens (including phenoxy) is 1. The number of likely N-dealkylation sites (tertiary alicyclic amines) is 2. The molecule has 0 aliphatic carbocycles. The quantitative estimate of drug-likeness (QED) is 0.703. The molecule has 2 atom stereocenters. The third-order valence-corrected chi connectivity index (χ3v) is 6.54. The normalized spacial score (nSPS) is 24.8. The van der Waals surface area contributed by atoms with E-state index in [0.717, 1.165) is 56.9 Å². The lowest BCUT2D eigenvalue weighted by Gasteiger charge is -2.43. The number of carbonyl (C=O) groups excluding carboxylic acids is 1. The van der Waals surface area contributed by atoms with E-state index < -0.39 is 0 Å². The van der Waals surface area contributed by atoms with Gasteiger partial charge in [-0.25, -0.2) is 0 Å². The number of fused-ring (bicyclic) bond motifs is 4. The van der Waals surface area contributed by atoms with Crippen molar-refractivity contribution in [2.45, 2.75) is 58.0 Å². The van der Waals surface area contributed by atoms with Crippen molar-refractivity contribution < 1.29 is 9.53 Å². The lowest BCUT2D eigenvalue weighted by molar-refractivity contribution is -0.135. The molecular weight excluding hydrogens is 354 g/mol. The number of pyridine rings is 1. The molecule has 154 valence electrons. The van der Waals surface area contributed by atoms with Crippen LogP contribution in [-0.4, -0.2) is 59.7 Å². The summed E-state index contributed by atoms with van der Waals surface area (Å²) in [7, 11) is 0. The number of nitrogens with zero attached hydrogens (tertiary/aromatic N) is 3. The van der Waals surface area contributed by atoms with Crippen molar-refractivity contribution in [2.24, 2.45) is 5.92 Å². The van der Waals surface area contributed by atoms with Gasteiger partial charge in [-0.1, -0.05) is 12.5 Å². The van der Waals surface area contributed by atoms with Crippen molar-refractivity contribution in [2.75, 3.05) is 39.4 Å². The van der Waals surface area contributed by atoms with Gasteiger partial charge in [0, 0.05) is 50.0 Å². The highest BCUT2D eigenvalue weighted by molar-refractivity contribution is 5.76. The Bertz CT molecular complexity index is 754. The van der Waals surface area contributed by atoms with Crippen molar-refractivity contribution in [3.8, 4) is 0 Å². The Morgan fingerprint density at radius 1 is 1.14 bits per heavy atom. The number of amides is 1. The molecule has 2 bridgehead atoms. The minimum Gasteiger partial charge on any atom is -0.381 e. The molecule has 0 saturated carbocycles. The predicted octanol–water partition coefficient (Wildman–Crippen LogP) is 2.21. The SMILES string of the molecule is CCOCCC(=O)N1C[C@@H]2C[C@H](C1)c1ccc(CN3CCCCC3)c(=O)n1C2. The van der Waals surface area contributed by atoms with Gasteiger partial charge in [0.25, 0.3) is 5.56 Å². The number of piperidine rings is 2. The highest BCUT2D eigenvalue weighted by atomic mass is 16.5. The molecule has 0 N–H and O–H groups in total. The maximum atomic E-state index is 13.1. The second-order valence-corrected chi connectivity index (χ2v) is 8.58. The van der Waals surface area contributed by atoms with E-state index in [1.54, 1.807) is 0 Å². The third-order valence-electron chi connectivity index (χ3n) is 6.54. The van der Waals surface area contributed by atoms with E-state index in [0.29, 0.717) is 25.6 Å². The zero-order valence-corrected chi connectivity index (χ0v) is 17.1. The van der Waals surface area contributed by atoms with E-state index in [1.807, 2.05) is 22.5 Å². The molecule has 28 heavy (non-hydrogen) atoms. The molecule has 3 aliphatic rings. The average Bonchev–Trinajstić information content (AvgIpc) is 2.71. The van der Waals surface area contributed by atoms with Crippen LogP contribution >= 0.6 is 0 Å². The summed E-state index contributed by atoms with van der Waals surface area (Å²) in [6, 6.07) is 4.19. The first-order valence-electron chi connectivity index (χ1n) is 11.0. The van der Waals surface area contributed by atoms with Crippen LogP contribution in [0, 0.1) is 5.92 Å². The molecule has 6 heteroatoms. The molecule has 4 rings (SSSR count). The summed E-state index contributed by atoms with van der Waals surface area (Å²) in [5.74, 6) is 0.839. The van der Waals surface area contributed by atoms with Crippen molar-refractivity contribution in [1.82, 2.24) is 14.4 Å². The van der Waals surface area contributed by atoms with Gasteiger partial charge in [-0.2, -0.15) is 0 Å². The van der Waals surface area contributed by atoms with Crippen LogP contribution in [0.4, 0.5) is 0 Å². The van der Waals surface area contributed by atoms with Crippen LogP contribution in [0.15, 0.2) is 16.9 Å². The maximum Gasteiger partial charge on any atom is 0.255 e. The second-order valence-electron chi connectivity index (χ2n) is 8.58. The number of aromatic nitrogens is 1. The van der Waals surface area contributed by atoms with E-state index in [9.17, 15) is 9.59 Å². The molecule has 0 spiro atoms. The molecule has 0 radical (unpaired) electrons. The Kier molecular flexibility index (Phi) is 6.16. The lowest BCUT2D eigenvalue weighted by atomic mass is 9.83. The van der Waals surface area contributed by atoms with Crippen molar-refractivity contribution in [3.63, 3.8) is 0 Å². The summed E-state index contributed by atoms with van der Waals surface area (Å²) in [5, 5.41) is 0. The van der Waals surface area contributed by atoms with Gasteiger partial charge < -0.3 is 14.2 Å². The summed E-state index contributed by atoms with van der Waals surface area (Å²) in [4.78, 5) is 30.1. The lowest BCUT2D eigenvalue weighted by Crippen LogP contribution is -2.49. The number of carbonyl (C=O) groups is 1. The molecule has 3 aliphatic heterocycles. The van der Waals surface area contributed by atoms with Crippen molar-refractivity contribution in [1.29, 1.82) is 0 Å². The van der Waals surface area contributed by atoms with E-state index in [-0.39, 0.29) is 17.4 Å². The van der Waals surface area contributed by atoms with Gasteiger partial charge in [0.2, 0.25) is 5.91 Å². The summed E-state index contributed by atoms with van der Waals surface area (Å²) in [5.41, 5.74) is 2.23. The molecule has 2 saturated heterocycles. The van der Waals surface area contributed by atoms with Crippen molar-refractivity contribution >= 4 is 5.91 Å². The molecule has 2 fully saturated rings. The van der Waals surface area contributed by atoms with Gasteiger partial charge in [0.1, 0.15) is 0 Å².